The van der Waals surface area contributed by atoms with Crippen LogP contribution in [-0.4, -0.2) is 6.54 Å². The fourth-order valence-corrected chi connectivity index (χ4v) is 2.27. The van der Waals surface area contributed by atoms with Crippen molar-refractivity contribution in [3.63, 3.8) is 0 Å². The molecule has 0 aliphatic carbocycles. The van der Waals surface area contributed by atoms with Gasteiger partial charge in [-0.25, -0.2) is 4.39 Å². The molecule has 108 valence electrons. The van der Waals surface area contributed by atoms with E-state index in [1.54, 1.807) is 12.1 Å². The molecule has 0 aliphatic heterocycles. The van der Waals surface area contributed by atoms with Crippen molar-refractivity contribution in [3.8, 4) is 6.07 Å². The average Bonchev–Trinajstić information content (AvgIpc) is 2.53. The first kappa shape index (κ1) is 15.2. The summed E-state index contributed by atoms with van der Waals surface area (Å²) in [5.74, 6) is 0.0422. The minimum absolute atomic E-state index is 0.104. The van der Waals surface area contributed by atoms with E-state index < -0.39 is 5.82 Å². The monoisotopic (exact) mass is 282 g/mol. The van der Waals surface area contributed by atoms with Gasteiger partial charge in [-0.3, -0.25) is 0 Å². The molecule has 1 unspecified atom stereocenters. The number of nitrogens with one attached hydrogen (secondary N) is 1. The lowest BCUT2D eigenvalue weighted by atomic mass is 9.98. The summed E-state index contributed by atoms with van der Waals surface area (Å²) in [5.41, 5.74) is 2.38. The van der Waals surface area contributed by atoms with Crippen LogP contribution < -0.4 is 5.32 Å². The first-order valence-electron chi connectivity index (χ1n) is 7.15. The quantitative estimate of drug-likeness (QED) is 0.813. The van der Waals surface area contributed by atoms with Crippen molar-refractivity contribution in [2.24, 2.45) is 0 Å². The van der Waals surface area contributed by atoms with Crippen molar-refractivity contribution in [1.82, 2.24) is 5.32 Å². The Morgan fingerprint density at radius 2 is 1.95 bits per heavy atom. The van der Waals surface area contributed by atoms with E-state index in [0.717, 1.165) is 18.5 Å². The highest BCUT2D eigenvalue weighted by Crippen LogP contribution is 2.17. The molecule has 1 N–H and O–H groups in total. The van der Waals surface area contributed by atoms with Crippen LogP contribution in [0.25, 0.3) is 0 Å². The van der Waals surface area contributed by atoms with Crippen LogP contribution in [0, 0.1) is 17.1 Å². The predicted octanol–water partition coefficient (Wildman–Crippen LogP) is 3.98. The van der Waals surface area contributed by atoms with E-state index in [-0.39, 0.29) is 5.56 Å². The van der Waals surface area contributed by atoms with Gasteiger partial charge in [0.2, 0.25) is 0 Å². The minimum Gasteiger partial charge on any atom is -0.313 e. The summed E-state index contributed by atoms with van der Waals surface area (Å²) in [6.07, 6.45) is 1.04. The topological polar surface area (TPSA) is 35.8 Å². The van der Waals surface area contributed by atoms with Crippen LogP contribution in [0.15, 0.2) is 48.5 Å². The zero-order chi connectivity index (χ0) is 15.1. The minimum atomic E-state index is -0.459. The molecule has 0 heterocycles. The summed E-state index contributed by atoms with van der Waals surface area (Å²) in [5, 5.41) is 12.1. The smallest absolute Gasteiger partial charge is 0.140 e. The van der Waals surface area contributed by atoms with Gasteiger partial charge in [-0.15, -0.1) is 0 Å². The number of rotatable bonds is 6. The van der Waals surface area contributed by atoms with Crippen molar-refractivity contribution < 1.29 is 4.39 Å². The lowest BCUT2D eigenvalue weighted by molar-refractivity contribution is 0.592. The van der Waals surface area contributed by atoms with Gasteiger partial charge < -0.3 is 5.32 Å². The van der Waals surface area contributed by atoms with Gasteiger partial charge in [0.1, 0.15) is 11.9 Å². The molecule has 2 rings (SSSR count). The SMILES string of the molecule is CC(CCNCc1ccc(F)c(C#N)c1)c1ccccc1. The summed E-state index contributed by atoms with van der Waals surface area (Å²) < 4.78 is 13.2. The van der Waals surface area contributed by atoms with Crippen LogP contribution in [0.2, 0.25) is 0 Å². The highest BCUT2D eigenvalue weighted by Gasteiger charge is 2.05. The molecule has 0 spiro atoms. The molecule has 0 aliphatic rings. The summed E-state index contributed by atoms with van der Waals surface area (Å²) in [7, 11) is 0. The Morgan fingerprint density at radius 1 is 1.19 bits per heavy atom. The van der Waals surface area contributed by atoms with Gasteiger partial charge in [0.25, 0.3) is 0 Å². The summed E-state index contributed by atoms with van der Waals surface area (Å²) >= 11 is 0. The van der Waals surface area contributed by atoms with Crippen molar-refractivity contribution >= 4 is 0 Å². The molecule has 2 aromatic rings. The molecule has 21 heavy (non-hydrogen) atoms. The van der Waals surface area contributed by atoms with E-state index in [1.165, 1.54) is 11.6 Å². The number of hydrogen-bond acceptors (Lipinski definition) is 2. The highest BCUT2D eigenvalue weighted by molar-refractivity contribution is 5.34. The standard InChI is InChI=1S/C18H19FN2/c1-14(16-5-3-2-4-6-16)9-10-21-13-15-7-8-18(19)17(11-15)12-20/h2-8,11,14,21H,9-10,13H2,1H3. The Kier molecular flexibility index (Phi) is 5.48. The Balaban J connectivity index is 1.79. The predicted molar refractivity (Wildman–Crippen MR) is 82.3 cm³/mol. The summed E-state index contributed by atoms with van der Waals surface area (Å²) in [6.45, 7) is 3.74. The summed E-state index contributed by atoms with van der Waals surface area (Å²) in [4.78, 5) is 0. The Morgan fingerprint density at radius 3 is 2.67 bits per heavy atom. The lowest BCUT2D eigenvalue weighted by Gasteiger charge is -2.12. The van der Waals surface area contributed by atoms with E-state index in [9.17, 15) is 4.39 Å². The Labute approximate surface area is 125 Å². The average molecular weight is 282 g/mol. The number of benzene rings is 2. The largest absolute Gasteiger partial charge is 0.313 e. The van der Waals surface area contributed by atoms with Crippen LogP contribution in [-0.2, 0) is 6.54 Å². The normalized spacial score (nSPS) is 11.9. The number of nitrogens with zero attached hydrogens (tertiary/aromatic N) is 1. The molecule has 3 heteroatoms. The van der Waals surface area contributed by atoms with Gasteiger partial charge in [0, 0.05) is 6.54 Å². The Bertz CT molecular complexity index is 617. The highest BCUT2D eigenvalue weighted by atomic mass is 19.1. The molecule has 0 amide bonds. The third-order valence-corrected chi connectivity index (χ3v) is 3.60. The zero-order valence-corrected chi connectivity index (χ0v) is 12.1. The maximum Gasteiger partial charge on any atom is 0.140 e. The second-order valence-electron chi connectivity index (χ2n) is 5.20. The molecular weight excluding hydrogens is 263 g/mol. The second kappa shape index (κ2) is 7.56. The van der Waals surface area contributed by atoms with Gasteiger partial charge in [0.05, 0.1) is 5.56 Å². The number of nitriles is 1. The van der Waals surface area contributed by atoms with Crippen LogP contribution in [0.1, 0.15) is 36.0 Å². The first-order valence-corrected chi connectivity index (χ1v) is 7.15. The van der Waals surface area contributed by atoms with E-state index in [2.05, 4.69) is 36.5 Å². The van der Waals surface area contributed by atoms with Crippen LogP contribution >= 0.6 is 0 Å². The van der Waals surface area contributed by atoms with Crippen molar-refractivity contribution in [3.05, 3.63) is 71.0 Å². The van der Waals surface area contributed by atoms with Crippen molar-refractivity contribution in [2.45, 2.75) is 25.8 Å². The van der Waals surface area contributed by atoms with Crippen LogP contribution in [0.3, 0.4) is 0 Å². The molecule has 0 saturated carbocycles. The third kappa shape index (κ3) is 4.40. The lowest BCUT2D eigenvalue weighted by Crippen LogP contribution is -2.16. The number of hydrogen-bond donors (Lipinski definition) is 1. The molecule has 0 bridgehead atoms. The van der Waals surface area contributed by atoms with Crippen molar-refractivity contribution in [1.29, 1.82) is 5.26 Å². The Hall–Kier alpha value is -2.18. The van der Waals surface area contributed by atoms with Crippen LogP contribution in [0.5, 0.6) is 0 Å². The van der Waals surface area contributed by atoms with Gasteiger partial charge in [-0.2, -0.15) is 5.26 Å². The fraction of sp³-hybridized carbons (Fsp3) is 0.278. The third-order valence-electron chi connectivity index (χ3n) is 3.60. The molecule has 0 fully saturated rings. The van der Waals surface area contributed by atoms with Crippen molar-refractivity contribution in [2.75, 3.05) is 6.54 Å². The maximum absolute atomic E-state index is 13.2. The molecular formula is C18H19FN2. The van der Waals surface area contributed by atoms with Gasteiger partial charge in [-0.05, 0) is 42.1 Å². The van der Waals surface area contributed by atoms with Gasteiger partial charge in [0.15, 0.2) is 0 Å². The molecule has 2 nitrogen and oxygen atoms in total. The fourth-order valence-electron chi connectivity index (χ4n) is 2.27. The van der Waals surface area contributed by atoms with E-state index in [0.29, 0.717) is 12.5 Å². The molecule has 1 atom stereocenters. The molecule has 0 saturated heterocycles. The number of halogens is 1. The first-order chi connectivity index (χ1) is 10.2. The van der Waals surface area contributed by atoms with E-state index in [4.69, 9.17) is 5.26 Å². The molecule has 2 aromatic carbocycles. The molecule has 0 aromatic heterocycles. The zero-order valence-electron chi connectivity index (χ0n) is 12.1. The maximum atomic E-state index is 13.2. The van der Waals surface area contributed by atoms with Crippen LogP contribution in [0.4, 0.5) is 4.39 Å². The van der Waals surface area contributed by atoms with Gasteiger partial charge in [-0.1, -0.05) is 43.3 Å². The van der Waals surface area contributed by atoms with E-state index in [1.807, 2.05) is 12.1 Å². The second-order valence-corrected chi connectivity index (χ2v) is 5.20. The summed E-state index contributed by atoms with van der Waals surface area (Å²) in [6, 6.07) is 16.9. The van der Waals surface area contributed by atoms with Gasteiger partial charge >= 0.3 is 0 Å². The van der Waals surface area contributed by atoms with E-state index >= 15 is 0 Å². The molecule has 0 radical (unpaired) electrons.